The van der Waals surface area contributed by atoms with Gasteiger partial charge in [0.1, 0.15) is 0 Å². The van der Waals surface area contributed by atoms with Gasteiger partial charge in [-0.15, -0.1) is 11.8 Å². The van der Waals surface area contributed by atoms with Crippen molar-refractivity contribution in [2.24, 2.45) is 0 Å². The average Bonchev–Trinajstić information content (AvgIpc) is 2.71. The van der Waals surface area contributed by atoms with Gasteiger partial charge in [0.2, 0.25) is 0 Å². The van der Waals surface area contributed by atoms with Crippen LogP contribution in [0.5, 0.6) is 0 Å². The number of rotatable bonds is 3. The lowest BCUT2D eigenvalue weighted by Gasteiger charge is -2.20. The molecule has 0 radical (unpaired) electrons. The van der Waals surface area contributed by atoms with Crippen LogP contribution in [0.1, 0.15) is 22.1 Å². The van der Waals surface area contributed by atoms with Crippen LogP contribution in [0.15, 0.2) is 59.5 Å². The molecule has 4 heteroatoms. The molecule has 0 fully saturated rings. The molecule has 3 rings (SSSR count). The molecule has 1 aliphatic rings. The maximum Gasteiger partial charge on any atom is 0.257 e. The largest absolute Gasteiger partial charge is 0.369 e. The first-order valence-electron chi connectivity index (χ1n) is 6.03. The van der Waals surface area contributed by atoms with E-state index in [1.165, 1.54) is 4.90 Å². The maximum atomic E-state index is 12.2. The zero-order valence-electron chi connectivity index (χ0n) is 10.2. The minimum absolute atomic E-state index is 0.105. The lowest BCUT2D eigenvalue weighted by Crippen LogP contribution is -2.27. The number of aliphatic hydroxyl groups excluding tert-OH is 1. The van der Waals surface area contributed by atoms with Gasteiger partial charge in [0.15, 0.2) is 6.23 Å². The van der Waals surface area contributed by atoms with Crippen molar-refractivity contribution in [1.29, 1.82) is 0 Å². The van der Waals surface area contributed by atoms with E-state index < -0.39 is 6.23 Å². The van der Waals surface area contributed by atoms with Gasteiger partial charge in [-0.25, -0.2) is 0 Å². The molecule has 1 unspecified atom stereocenters. The van der Waals surface area contributed by atoms with E-state index in [1.54, 1.807) is 23.9 Å². The SMILES string of the molecule is O=C1c2ccccc2C(O)N1CSc1ccccc1. The Balaban J connectivity index is 1.76. The van der Waals surface area contributed by atoms with Crippen LogP contribution >= 0.6 is 11.8 Å². The molecule has 0 spiro atoms. The van der Waals surface area contributed by atoms with Crippen LogP contribution in [0.3, 0.4) is 0 Å². The Hall–Kier alpha value is -1.78. The van der Waals surface area contributed by atoms with Crippen LogP contribution in [0.4, 0.5) is 0 Å². The summed E-state index contributed by atoms with van der Waals surface area (Å²) in [4.78, 5) is 14.8. The van der Waals surface area contributed by atoms with Crippen molar-refractivity contribution in [3.05, 3.63) is 65.7 Å². The summed E-state index contributed by atoms with van der Waals surface area (Å²) in [5.74, 6) is 0.338. The highest BCUT2D eigenvalue weighted by Crippen LogP contribution is 2.33. The number of hydrogen-bond acceptors (Lipinski definition) is 3. The third kappa shape index (κ3) is 2.25. The summed E-state index contributed by atoms with van der Waals surface area (Å²) in [7, 11) is 0. The normalized spacial score (nSPS) is 17.6. The van der Waals surface area contributed by atoms with Crippen LogP contribution < -0.4 is 0 Å². The fraction of sp³-hybridized carbons (Fsp3) is 0.133. The highest BCUT2D eigenvalue weighted by molar-refractivity contribution is 7.99. The van der Waals surface area contributed by atoms with Crippen molar-refractivity contribution >= 4 is 17.7 Å². The molecular weight excluding hydrogens is 258 g/mol. The highest BCUT2D eigenvalue weighted by Gasteiger charge is 2.34. The van der Waals surface area contributed by atoms with Crippen LogP contribution in [-0.2, 0) is 0 Å². The number of hydrogen-bond donors (Lipinski definition) is 1. The van der Waals surface area contributed by atoms with Crippen molar-refractivity contribution in [3.8, 4) is 0 Å². The van der Waals surface area contributed by atoms with Gasteiger partial charge in [0.05, 0.1) is 5.88 Å². The van der Waals surface area contributed by atoms with Crippen LogP contribution in [0.25, 0.3) is 0 Å². The molecule has 2 aromatic carbocycles. The summed E-state index contributed by atoms with van der Waals surface area (Å²) in [6.07, 6.45) is -0.833. The van der Waals surface area contributed by atoms with E-state index in [0.29, 0.717) is 17.0 Å². The first-order chi connectivity index (χ1) is 9.27. The molecule has 2 aromatic rings. The van der Waals surface area contributed by atoms with Gasteiger partial charge in [-0.2, -0.15) is 0 Å². The first kappa shape index (κ1) is 12.3. The Morgan fingerprint density at radius 3 is 2.47 bits per heavy atom. The Labute approximate surface area is 115 Å². The molecule has 0 aliphatic carbocycles. The molecule has 1 N–H and O–H groups in total. The summed E-state index contributed by atoms with van der Waals surface area (Å²) in [6.45, 7) is 0. The van der Waals surface area contributed by atoms with Gasteiger partial charge in [-0.05, 0) is 18.2 Å². The fourth-order valence-corrected chi connectivity index (χ4v) is 3.04. The second kappa shape index (κ2) is 5.07. The molecule has 0 saturated carbocycles. The number of thioether (sulfide) groups is 1. The average molecular weight is 271 g/mol. The molecule has 19 heavy (non-hydrogen) atoms. The molecule has 3 nitrogen and oxygen atoms in total. The van der Waals surface area contributed by atoms with Crippen molar-refractivity contribution in [2.45, 2.75) is 11.1 Å². The van der Waals surface area contributed by atoms with Gasteiger partial charge < -0.3 is 5.11 Å². The molecule has 1 heterocycles. The third-order valence-electron chi connectivity index (χ3n) is 3.14. The van der Waals surface area contributed by atoms with Gasteiger partial charge >= 0.3 is 0 Å². The van der Waals surface area contributed by atoms with Gasteiger partial charge in [0.25, 0.3) is 5.91 Å². The molecule has 96 valence electrons. The number of carbonyl (C=O) groups excluding carboxylic acids is 1. The number of nitrogens with zero attached hydrogens (tertiary/aromatic N) is 1. The van der Waals surface area contributed by atoms with Crippen molar-refractivity contribution in [2.75, 3.05) is 5.88 Å². The van der Waals surface area contributed by atoms with Gasteiger partial charge in [-0.3, -0.25) is 9.69 Å². The second-order valence-electron chi connectivity index (χ2n) is 4.32. The lowest BCUT2D eigenvalue weighted by atomic mass is 10.1. The minimum Gasteiger partial charge on any atom is -0.369 e. The first-order valence-corrected chi connectivity index (χ1v) is 7.02. The predicted octanol–water partition coefficient (Wildman–Crippen LogP) is 2.88. The summed E-state index contributed by atoms with van der Waals surface area (Å²) < 4.78 is 0. The van der Waals surface area contributed by atoms with Crippen molar-refractivity contribution < 1.29 is 9.90 Å². The number of benzene rings is 2. The van der Waals surface area contributed by atoms with E-state index in [9.17, 15) is 9.90 Å². The van der Waals surface area contributed by atoms with E-state index in [4.69, 9.17) is 0 Å². The van der Waals surface area contributed by atoms with Crippen LogP contribution in [0, 0.1) is 0 Å². The van der Waals surface area contributed by atoms with E-state index in [2.05, 4.69) is 0 Å². The second-order valence-corrected chi connectivity index (χ2v) is 5.34. The molecule has 1 atom stereocenters. The van der Waals surface area contributed by atoms with Gasteiger partial charge in [-0.1, -0.05) is 36.4 Å². The Kier molecular flexibility index (Phi) is 3.27. The predicted molar refractivity (Wildman–Crippen MR) is 74.7 cm³/mol. The Morgan fingerprint density at radius 2 is 1.74 bits per heavy atom. The fourth-order valence-electron chi connectivity index (χ4n) is 2.14. The smallest absolute Gasteiger partial charge is 0.257 e. The molecular formula is C15H13NO2S. The standard InChI is InChI=1S/C15H13NO2S/c17-14-12-8-4-5-9-13(12)15(18)16(14)10-19-11-6-2-1-3-7-11/h1-9,14,17H,10H2. The third-order valence-corrected chi connectivity index (χ3v) is 4.15. The van der Waals surface area contributed by atoms with E-state index in [0.717, 1.165) is 4.90 Å². The topological polar surface area (TPSA) is 40.5 Å². The quantitative estimate of drug-likeness (QED) is 0.873. The number of fused-ring (bicyclic) bond motifs is 1. The Morgan fingerprint density at radius 1 is 1.05 bits per heavy atom. The van der Waals surface area contributed by atoms with Crippen molar-refractivity contribution in [3.63, 3.8) is 0 Å². The summed E-state index contributed by atoms with van der Waals surface area (Å²) in [5, 5.41) is 10.2. The molecule has 0 bridgehead atoms. The Bertz CT molecular complexity index is 600. The van der Waals surface area contributed by atoms with E-state index in [1.807, 2.05) is 42.5 Å². The van der Waals surface area contributed by atoms with E-state index >= 15 is 0 Å². The molecule has 1 aliphatic heterocycles. The molecule has 0 aromatic heterocycles. The lowest BCUT2D eigenvalue weighted by molar-refractivity contribution is 0.0271. The number of amides is 1. The van der Waals surface area contributed by atoms with Crippen molar-refractivity contribution in [1.82, 2.24) is 4.90 Å². The zero-order chi connectivity index (χ0) is 13.2. The summed E-state index contributed by atoms with van der Waals surface area (Å²) in [6, 6.07) is 17.1. The van der Waals surface area contributed by atoms with Crippen LogP contribution in [-0.4, -0.2) is 21.8 Å². The molecule has 0 saturated heterocycles. The number of carbonyl (C=O) groups is 1. The maximum absolute atomic E-state index is 12.2. The number of aliphatic hydroxyl groups is 1. The van der Waals surface area contributed by atoms with E-state index in [-0.39, 0.29) is 5.91 Å². The zero-order valence-corrected chi connectivity index (χ0v) is 11.0. The summed E-state index contributed by atoms with van der Waals surface area (Å²) in [5.41, 5.74) is 1.30. The van der Waals surface area contributed by atoms with Crippen LogP contribution in [0.2, 0.25) is 0 Å². The monoisotopic (exact) mass is 271 g/mol. The highest BCUT2D eigenvalue weighted by atomic mass is 32.2. The summed E-state index contributed by atoms with van der Waals surface area (Å²) >= 11 is 1.54. The minimum atomic E-state index is -0.833. The van der Waals surface area contributed by atoms with Gasteiger partial charge in [0, 0.05) is 16.0 Å². The molecule has 1 amide bonds.